The third-order valence-corrected chi connectivity index (χ3v) is 4.04. The molecule has 0 aliphatic carbocycles. The SMILES string of the molecule is COC(=O)C1CC(c2ccc(Cl)cc2)=NN(c2ccccc2)C1=O. The topological polar surface area (TPSA) is 59.0 Å². The maximum absolute atomic E-state index is 12.7. The van der Waals surface area contributed by atoms with Crippen molar-refractivity contribution in [2.24, 2.45) is 11.0 Å². The Morgan fingerprint density at radius 3 is 2.46 bits per heavy atom. The molecule has 1 aliphatic heterocycles. The summed E-state index contributed by atoms with van der Waals surface area (Å²) in [5.74, 6) is -1.88. The second-order valence-electron chi connectivity index (χ2n) is 5.32. The van der Waals surface area contributed by atoms with Gasteiger partial charge in [-0.1, -0.05) is 41.9 Å². The molecule has 1 amide bonds. The highest BCUT2D eigenvalue weighted by Gasteiger charge is 2.38. The first-order valence-corrected chi connectivity index (χ1v) is 7.78. The summed E-state index contributed by atoms with van der Waals surface area (Å²) < 4.78 is 4.79. The number of hydrazone groups is 1. The Labute approximate surface area is 144 Å². The van der Waals surface area contributed by atoms with Crippen molar-refractivity contribution in [3.63, 3.8) is 0 Å². The minimum absolute atomic E-state index is 0.191. The van der Waals surface area contributed by atoms with E-state index in [1.807, 2.05) is 30.3 Å². The van der Waals surface area contributed by atoms with Crippen molar-refractivity contribution in [2.45, 2.75) is 6.42 Å². The molecule has 0 saturated heterocycles. The summed E-state index contributed by atoms with van der Waals surface area (Å²) >= 11 is 5.92. The van der Waals surface area contributed by atoms with Gasteiger partial charge >= 0.3 is 5.97 Å². The minimum atomic E-state index is -0.918. The maximum Gasteiger partial charge on any atom is 0.318 e. The zero-order valence-electron chi connectivity index (χ0n) is 13.0. The highest BCUT2D eigenvalue weighted by Crippen LogP contribution is 2.26. The number of anilines is 1. The summed E-state index contributed by atoms with van der Waals surface area (Å²) in [4.78, 5) is 24.7. The van der Waals surface area contributed by atoms with Crippen molar-refractivity contribution in [2.75, 3.05) is 12.1 Å². The highest BCUT2D eigenvalue weighted by atomic mass is 35.5. The van der Waals surface area contributed by atoms with E-state index < -0.39 is 17.8 Å². The number of halogens is 1. The molecule has 1 aliphatic rings. The number of hydrogen-bond acceptors (Lipinski definition) is 4. The third kappa shape index (κ3) is 3.16. The number of amides is 1. The number of nitrogens with zero attached hydrogens (tertiary/aromatic N) is 2. The van der Waals surface area contributed by atoms with Crippen molar-refractivity contribution in [3.05, 3.63) is 65.2 Å². The number of esters is 1. The van der Waals surface area contributed by atoms with E-state index in [1.54, 1.807) is 24.3 Å². The molecule has 0 radical (unpaired) electrons. The van der Waals surface area contributed by atoms with E-state index in [-0.39, 0.29) is 6.42 Å². The number of para-hydroxylation sites is 1. The lowest BCUT2D eigenvalue weighted by Gasteiger charge is -2.28. The molecule has 2 aromatic carbocycles. The van der Waals surface area contributed by atoms with E-state index in [4.69, 9.17) is 16.3 Å². The van der Waals surface area contributed by atoms with Gasteiger partial charge in [0.2, 0.25) is 0 Å². The standard InChI is InChI=1S/C18H15ClN2O3/c1-24-18(23)15-11-16(12-7-9-13(19)10-8-12)20-21(17(15)22)14-5-3-2-4-6-14/h2-10,15H,11H2,1H3. The molecule has 122 valence electrons. The fourth-order valence-electron chi connectivity index (χ4n) is 2.54. The van der Waals surface area contributed by atoms with Gasteiger partial charge in [-0.05, 0) is 29.8 Å². The third-order valence-electron chi connectivity index (χ3n) is 3.79. The smallest absolute Gasteiger partial charge is 0.318 e. The number of methoxy groups -OCH3 is 1. The van der Waals surface area contributed by atoms with Gasteiger partial charge < -0.3 is 4.74 Å². The summed E-state index contributed by atoms with van der Waals surface area (Å²) in [5.41, 5.74) is 2.04. The molecular formula is C18H15ClN2O3. The lowest BCUT2D eigenvalue weighted by Crippen LogP contribution is -2.43. The van der Waals surface area contributed by atoms with E-state index >= 15 is 0 Å². The predicted octanol–water partition coefficient (Wildman–Crippen LogP) is 3.27. The fourth-order valence-corrected chi connectivity index (χ4v) is 2.66. The van der Waals surface area contributed by atoms with E-state index in [0.29, 0.717) is 16.4 Å². The van der Waals surface area contributed by atoms with Crippen LogP contribution in [0.4, 0.5) is 5.69 Å². The van der Waals surface area contributed by atoms with Crippen molar-refractivity contribution < 1.29 is 14.3 Å². The Balaban J connectivity index is 2.05. The van der Waals surface area contributed by atoms with Crippen LogP contribution in [-0.4, -0.2) is 24.7 Å². The molecule has 24 heavy (non-hydrogen) atoms. The molecule has 0 bridgehead atoms. The van der Waals surface area contributed by atoms with E-state index in [9.17, 15) is 9.59 Å². The Morgan fingerprint density at radius 2 is 1.83 bits per heavy atom. The number of benzene rings is 2. The van der Waals surface area contributed by atoms with Crippen molar-refractivity contribution in [1.29, 1.82) is 0 Å². The molecule has 1 atom stereocenters. The Hall–Kier alpha value is -2.66. The lowest BCUT2D eigenvalue weighted by molar-refractivity contribution is -0.149. The number of carbonyl (C=O) groups is 2. The van der Waals surface area contributed by atoms with E-state index in [1.165, 1.54) is 12.1 Å². The van der Waals surface area contributed by atoms with Gasteiger partial charge in [-0.2, -0.15) is 10.1 Å². The summed E-state index contributed by atoms with van der Waals surface area (Å²) in [7, 11) is 1.27. The first kappa shape index (κ1) is 16.2. The lowest BCUT2D eigenvalue weighted by atomic mass is 9.95. The summed E-state index contributed by atoms with van der Waals surface area (Å²) in [6.45, 7) is 0. The molecule has 2 aromatic rings. The van der Waals surface area contributed by atoms with Gasteiger partial charge in [-0.15, -0.1) is 0 Å². The van der Waals surface area contributed by atoms with Crippen LogP contribution in [0.25, 0.3) is 0 Å². The summed E-state index contributed by atoms with van der Waals surface area (Å²) in [6, 6.07) is 16.1. The molecule has 1 heterocycles. The van der Waals surface area contributed by atoms with Crippen LogP contribution in [0, 0.1) is 5.92 Å². The van der Waals surface area contributed by atoms with Crippen LogP contribution in [0.5, 0.6) is 0 Å². The molecule has 0 saturated carbocycles. The average Bonchev–Trinajstić information content (AvgIpc) is 2.63. The Bertz CT molecular complexity index is 788. The van der Waals surface area contributed by atoms with Crippen LogP contribution >= 0.6 is 11.6 Å². The second kappa shape index (κ2) is 6.84. The quantitative estimate of drug-likeness (QED) is 0.635. The van der Waals surface area contributed by atoms with Crippen LogP contribution in [0.3, 0.4) is 0 Å². The van der Waals surface area contributed by atoms with Crippen molar-refractivity contribution in [3.8, 4) is 0 Å². The molecular weight excluding hydrogens is 328 g/mol. The monoisotopic (exact) mass is 342 g/mol. The van der Waals surface area contributed by atoms with Crippen LogP contribution in [0.2, 0.25) is 5.02 Å². The zero-order chi connectivity index (χ0) is 17.1. The predicted molar refractivity (Wildman–Crippen MR) is 92.0 cm³/mol. The summed E-state index contributed by atoms with van der Waals surface area (Å²) in [6.07, 6.45) is 0.191. The van der Waals surface area contributed by atoms with Gasteiger partial charge in [0.05, 0.1) is 18.5 Å². The summed E-state index contributed by atoms with van der Waals surface area (Å²) in [5, 5.41) is 6.32. The molecule has 0 fully saturated rings. The second-order valence-corrected chi connectivity index (χ2v) is 5.76. The molecule has 0 N–H and O–H groups in total. The van der Waals surface area contributed by atoms with Gasteiger partial charge in [0.15, 0.2) is 0 Å². The normalized spacial score (nSPS) is 17.4. The first-order valence-electron chi connectivity index (χ1n) is 7.40. The van der Waals surface area contributed by atoms with Gasteiger partial charge in [0.25, 0.3) is 5.91 Å². The maximum atomic E-state index is 12.7. The number of rotatable bonds is 3. The fraction of sp³-hybridized carbons (Fsp3) is 0.167. The number of ether oxygens (including phenoxy) is 1. The Morgan fingerprint density at radius 1 is 1.17 bits per heavy atom. The minimum Gasteiger partial charge on any atom is -0.468 e. The molecule has 5 nitrogen and oxygen atoms in total. The molecule has 6 heteroatoms. The van der Waals surface area contributed by atoms with Gasteiger partial charge in [-0.3, -0.25) is 9.59 Å². The highest BCUT2D eigenvalue weighted by molar-refractivity contribution is 6.30. The molecule has 0 spiro atoms. The van der Waals surface area contributed by atoms with Gasteiger partial charge in [0, 0.05) is 11.4 Å². The van der Waals surface area contributed by atoms with Crippen LogP contribution in [0.1, 0.15) is 12.0 Å². The van der Waals surface area contributed by atoms with E-state index in [0.717, 1.165) is 5.56 Å². The van der Waals surface area contributed by atoms with Crippen LogP contribution in [0.15, 0.2) is 59.7 Å². The van der Waals surface area contributed by atoms with E-state index in [2.05, 4.69) is 5.10 Å². The zero-order valence-corrected chi connectivity index (χ0v) is 13.7. The van der Waals surface area contributed by atoms with Gasteiger partial charge in [0.1, 0.15) is 5.92 Å². The van der Waals surface area contributed by atoms with Gasteiger partial charge in [-0.25, -0.2) is 0 Å². The molecule has 3 rings (SSSR count). The van der Waals surface area contributed by atoms with Crippen molar-refractivity contribution >= 4 is 34.9 Å². The first-order chi connectivity index (χ1) is 11.6. The number of carbonyl (C=O) groups excluding carboxylic acids is 2. The molecule has 0 aromatic heterocycles. The average molecular weight is 343 g/mol. The van der Waals surface area contributed by atoms with Crippen molar-refractivity contribution in [1.82, 2.24) is 0 Å². The largest absolute Gasteiger partial charge is 0.468 e. The van der Waals surface area contributed by atoms with Crippen LogP contribution < -0.4 is 5.01 Å². The van der Waals surface area contributed by atoms with Crippen LogP contribution in [-0.2, 0) is 14.3 Å². The number of hydrogen-bond donors (Lipinski definition) is 0. The Kier molecular flexibility index (Phi) is 4.62. The molecule has 1 unspecified atom stereocenters.